The van der Waals surface area contributed by atoms with Gasteiger partial charge in [0.1, 0.15) is 5.82 Å². The lowest BCUT2D eigenvalue weighted by Gasteiger charge is -2.33. The van der Waals surface area contributed by atoms with E-state index in [0.29, 0.717) is 6.04 Å². The van der Waals surface area contributed by atoms with Gasteiger partial charge in [-0.15, -0.1) is 24.0 Å². The maximum Gasteiger partial charge on any atom is 0.191 e. The van der Waals surface area contributed by atoms with E-state index in [4.69, 9.17) is 4.99 Å². The highest BCUT2D eigenvalue weighted by atomic mass is 127. The number of halogens is 2. The van der Waals surface area contributed by atoms with Crippen LogP contribution in [0.1, 0.15) is 51.5 Å². The number of guanidine groups is 1. The monoisotopic (exact) mass is 545 g/mol. The predicted octanol–water partition coefficient (Wildman–Crippen LogP) is 4.09. The average Bonchev–Trinajstić information content (AvgIpc) is 2.77. The Hall–Kier alpha value is -0.930. The first-order chi connectivity index (χ1) is 14.7. The van der Waals surface area contributed by atoms with Gasteiger partial charge >= 0.3 is 0 Å². The second-order valence-corrected chi connectivity index (χ2v) is 8.75. The SMILES string of the molecule is CCNC(=NCCC1CCN(CC)CC1)NC1CCN(Cc2ccc(F)cc2)CC1.I. The van der Waals surface area contributed by atoms with Gasteiger partial charge in [-0.3, -0.25) is 9.89 Å². The van der Waals surface area contributed by atoms with E-state index >= 15 is 0 Å². The van der Waals surface area contributed by atoms with E-state index in [1.54, 1.807) is 12.1 Å². The molecule has 1 aromatic carbocycles. The maximum absolute atomic E-state index is 13.1. The van der Waals surface area contributed by atoms with Crippen molar-refractivity contribution in [3.05, 3.63) is 35.6 Å². The van der Waals surface area contributed by atoms with Crippen LogP contribution in [0.4, 0.5) is 4.39 Å². The Morgan fingerprint density at radius 1 is 1.00 bits per heavy atom. The summed E-state index contributed by atoms with van der Waals surface area (Å²) in [6, 6.07) is 7.36. The highest BCUT2D eigenvalue weighted by Gasteiger charge is 2.21. The van der Waals surface area contributed by atoms with Gasteiger partial charge in [0, 0.05) is 38.8 Å². The molecule has 0 bridgehead atoms. The minimum Gasteiger partial charge on any atom is -0.357 e. The van der Waals surface area contributed by atoms with Crippen molar-refractivity contribution in [2.75, 3.05) is 45.8 Å². The molecule has 1 aromatic rings. The van der Waals surface area contributed by atoms with Crippen LogP contribution in [0.5, 0.6) is 0 Å². The van der Waals surface area contributed by atoms with E-state index < -0.39 is 0 Å². The van der Waals surface area contributed by atoms with Gasteiger partial charge in [0.15, 0.2) is 5.96 Å². The molecule has 31 heavy (non-hydrogen) atoms. The Kier molecular flexibility index (Phi) is 12.1. The Labute approximate surface area is 205 Å². The number of piperidine rings is 2. The van der Waals surface area contributed by atoms with E-state index in [-0.39, 0.29) is 29.8 Å². The number of aliphatic imine (C=N–C) groups is 1. The van der Waals surface area contributed by atoms with E-state index in [0.717, 1.165) is 57.4 Å². The van der Waals surface area contributed by atoms with Crippen molar-refractivity contribution in [1.82, 2.24) is 20.4 Å². The molecule has 0 unspecified atom stereocenters. The first kappa shape index (κ1) is 26.3. The summed E-state index contributed by atoms with van der Waals surface area (Å²) in [6.07, 6.45) is 6.06. The normalized spacial score (nSPS) is 19.8. The number of hydrogen-bond acceptors (Lipinski definition) is 3. The van der Waals surface area contributed by atoms with Crippen LogP contribution in [0.25, 0.3) is 0 Å². The largest absolute Gasteiger partial charge is 0.357 e. The maximum atomic E-state index is 13.1. The second-order valence-electron chi connectivity index (χ2n) is 8.75. The molecule has 5 nitrogen and oxygen atoms in total. The van der Waals surface area contributed by atoms with Crippen molar-refractivity contribution in [2.24, 2.45) is 10.9 Å². The Balaban J connectivity index is 0.00000341. The fraction of sp³-hybridized carbons (Fsp3) is 0.708. The summed E-state index contributed by atoms with van der Waals surface area (Å²) in [7, 11) is 0. The zero-order valence-corrected chi connectivity index (χ0v) is 21.6. The summed E-state index contributed by atoms with van der Waals surface area (Å²) in [6.45, 7) is 12.9. The average molecular weight is 546 g/mol. The van der Waals surface area contributed by atoms with Crippen molar-refractivity contribution in [2.45, 2.75) is 58.5 Å². The van der Waals surface area contributed by atoms with Gasteiger partial charge in [0.2, 0.25) is 0 Å². The van der Waals surface area contributed by atoms with Crippen LogP contribution in [-0.4, -0.2) is 67.6 Å². The van der Waals surface area contributed by atoms with Crippen molar-refractivity contribution >= 4 is 29.9 Å². The van der Waals surface area contributed by atoms with Gasteiger partial charge < -0.3 is 15.5 Å². The van der Waals surface area contributed by atoms with Crippen molar-refractivity contribution in [3.63, 3.8) is 0 Å². The van der Waals surface area contributed by atoms with Crippen molar-refractivity contribution < 1.29 is 4.39 Å². The van der Waals surface area contributed by atoms with Gasteiger partial charge in [-0.05, 0) is 82.3 Å². The molecule has 7 heteroatoms. The van der Waals surface area contributed by atoms with Crippen LogP contribution < -0.4 is 10.6 Å². The summed E-state index contributed by atoms with van der Waals surface area (Å²) < 4.78 is 13.1. The minimum absolute atomic E-state index is 0. The van der Waals surface area contributed by atoms with Gasteiger partial charge in [-0.25, -0.2) is 4.39 Å². The molecular weight excluding hydrogens is 504 g/mol. The molecule has 0 aromatic heterocycles. The lowest BCUT2D eigenvalue weighted by molar-refractivity contribution is 0.188. The van der Waals surface area contributed by atoms with Crippen molar-refractivity contribution in [1.29, 1.82) is 0 Å². The number of nitrogens with zero attached hydrogens (tertiary/aromatic N) is 3. The third kappa shape index (κ3) is 9.22. The van der Waals surface area contributed by atoms with Gasteiger partial charge in [-0.1, -0.05) is 19.1 Å². The molecule has 0 radical (unpaired) electrons. The minimum atomic E-state index is -0.164. The van der Waals surface area contributed by atoms with Crippen LogP contribution in [0, 0.1) is 11.7 Å². The Morgan fingerprint density at radius 2 is 1.65 bits per heavy atom. The fourth-order valence-electron chi connectivity index (χ4n) is 4.55. The quantitative estimate of drug-likeness (QED) is 0.294. The van der Waals surface area contributed by atoms with E-state index in [9.17, 15) is 4.39 Å². The zero-order valence-electron chi connectivity index (χ0n) is 19.3. The number of hydrogen-bond donors (Lipinski definition) is 2. The summed E-state index contributed by atoms with van der Waals surface area (Å²) >= 11 is 0. The van der Waals surface area contributed by atoms with Crippen LogP contribution in [-0.2, 0) is 6.54 Å². The summed E-state index contributed by atoms with van der Waals surface area (Å²) in [5, 5.41) is 7.08. The molecule has 3 rings (SSSR count). The molecule has 2 N–H and O–H groups in total. The molecule has 2 aliphatic heterocycles. The molecule has 0 aliphatic carbocycles. The van der Waals surface area contributed by atoms with E-state index in [2.05, 4.69) is 34.3 Å². The lowest BCUT2D eigenvalue weighted by Crippen LogP contribution is -2.48. The number of rotatable bonds is 8. The second kappa shape index (κ2) is 14.3. The van der Waals surface area contributed by atoms with E-state index in [1.165, 1.54) is 44.5 Å². The van der Waals surface area contributed by atoms with Crippen molar-refractivity contribution in [3.8, 4) is 0 Å². The molecular formula is C24H41FIN5. The summed E-state index contributed by atoms with van der Waals surface area (Å²) in [5.41, 5.74) is 1.18. The fourth-order valence-corrected chi connectivity index (χ4v) is 4.55. The summed E-state index contributed by atoms with van der Waals surface area (Å²) in [5.74, 6) is 1.64. The molecule has 0 saturated carbocycles. The van der Waals surface area contributed by atoms with E-state index in [1.807, 2.05) is 12.1 Å². The smallest absolute Gasteiger partial charge is 0.191 e. The first-order valence-electron chi connectivity index (χ1n) is 11.9. The zero-order chi connectivity index (χ0) is 21.2. The molecule has 0 amide bonds. The molecule has 2 aliphatic rings. The molecule has 2 saturated heterocycles. The standard InChI is InChI=1S/C24H40FN5.HI/c1-3-26-24(27-14-9-20-10-15-29(4-2)16-11-20)28-23-12-17-30(18-13-23)19-21-5-7-22(25)8-6-21;/h5-8,20,23H,3-4,9-19H2,1-2H3,(H2,26,27,28);1H. The van der Waals surface area contributed by atoms with Crippen LogP contribution in [0.15, 0.2) is 29.3 Å². The highest BCUT2D eigenvalue weighted by Crippen LogP contribution is 2.20. The topological polar surface area (TPSA) is 42.9 Å². The first-order valence-corrected chi connectivity index (χ1v) is 11.9. The third-order valence-electron chi connectivity index (χ3n) is 6.55. The molecule has 0 atom stereocenters. The van der Waals surface area contributed by atoms with Crippen LogP contribution in [0.2, 0.25) is 0 Å². The predicted molar refractivity (Wildman–Crippen MR) is 139 cm³/mol. The molecule has 0 spiro atoms. The number of likely N-dealkylation sites (tertiary alicyclic amines) is 2. The van der Waals surface area contributed by atoms with Gasteiger partial charge in [0.05, 0.1) is 0 Å². The highest BCUT2D eigenvalue weighted by molar-refractivity contribution is 14.0. The van der Waals surface area contributed by atoms with Gasteiger partial charge in [-0.2, -0.15) is 0 Å². The van der Waals surface area contributed by atoms with Gasteiger partial charge in [0.25, 0.3) is 0 Å². The lowest BCUT2D eigenvalue weighted by atomic mass is 9.94. The van der Waals surface area contributed by atoms with Crippen LogP contribution in [0.3, 0.4) is 0 Å². The number of nitrogens with one attached hydrogen (secondary N) is 2. The molecule has 176 valence electrons. The Morgan fingerprint density at radius 3 is 2.26 bits per heavy atom. The Bertz CT molecular complexity index is 638. The summed E-state index contributed by atoms with van der Waals surface area (Å²) in [4.78, 5) is 9.87. The van der Waals surface area contributed by atoms with Crippen LogP contribution >= 0.6 is 24.0 Å². The molecule has 2 heterocycles. The number of benzene rings is 1. The third-order valence-corrected chi connectivity index (χ3v) is 6.55. The molecule has 2 fully saturated rings.